The summed E-state index contributed by atoms with van der Waals surface area (Å²) in [5.41, 5.74) is 3.39. The predicted molar refractivity (Wildman–Crippen MR) is 115 cm³/mol. The highest BCUT2D eigenvalue weighted by molar-refractivity contribution is 5.94. The van der Waals surface area contributed by atoms with E-state index < -0.39 is 0 Å². The van der Waals surface area contributed by atoms with E-state index in [1.165, 1.54) is 25.7 Å². The zero-order valence-electron chi connectivity index (χ0n) is 17.5. The Morgan fingerprint density at radius 2 is 1.93 bits per heavy atom. The molecule has 0 atom stereocenters. The van der Waals surface area contributed by atoms with Crippen molar-refractivity contribution in [2.45, 2.75) is 39.2 Å². The quantitative estimate of drug-likeness (QED) is 0.496. The predicted octanol–water partition coefficient (Wildman–Crippen LogP) is 4.11. The number of benzene rings is 1. The molecule has 1 aromatic carbocycles. The Morgan fingerprint density at radius 3 is 2.73 bits per heavy atom. The number of nitrogens with zero attached hydrogens (tertiary/aromatic N) is 7. The van der Waals surface area contributed by atoms with Gasteiger partial charge in [0.1, 0.15) is 5.82 Å². The normalized spacial score (nSPS) is 14.6. The summed E-state index contributed by atoms with van der Waals surface area (Å²) in [4.78, 5) is 11.3. The van der Waals surface area contributed by atoms with Crippen LogP contribution in [0.25, 0.3) is 33.9 Å². The van der Waals surface area contributed by atoms with Crippen LogP contribution in [0.3, 0.4) is 0 Å². The van der Waals surface area contributed by atoms with E-state index in [2.05, 4.69) is 20.5 Å². The van der Waals surface area contributed by atoms with Gasteiger partial charge in [-0.1, -0.05) is 41.4 Å². The highest BCUT2D eigenvalue weighted by Gasteiger charge is 2.22. The fraction of sp³-hybridized carbons (Fsp3) is 0.409. The molecule has 1 saturated carbocycles. The van der Waals surface area contributed by atoms with Crippen LogP contribution in [0.15, 0.2) is 34.9 Å². The number of hydrogen-bond donors (Lipinski definition) is 0. The summed E-state index contributed by atoms with van der Waals surface area (Å²) >= 11 is 0. The van der Waals surface area contributed by atoms with Crippen LogP contribution in [0.5, 0.6) is 0 Å². The first kappa shape index (κ1) is 18.7. The molecule has 8 heteroatoms. The van der Waals surface area contributed by atoms with Gasteiger partial charge in [-0.2, -0.15) is 4.98 Å². The Morgan fingerprint density at radius 1 is 1.13 bits per heavy atom. The molecule has 1 aliphatic carbocycles. The molecular weight excluding hydrogens is 378 g/mol. The van der Waals surface area contributed by atoms with Gasteiger partial charge in [0.05, 0.1) is 11.2 Å². The van der Waals surface area contributed by atoms with Crippen molar-refractivity contribution in [1.29, 1.82) is 0 Å². The number of pyridine rings is 1. The SMILES string of the molecule is Cc1c(-c2nc(-c3cc(N(C)C)nc4ccccc34)no2)nnn1CC1CCCC1. The molecule has 154 valence electrons. The van der Waals surface area contributed by atoms with E-state index in [0.29, 0.717) is 23.3 Å². The Bertz CT molecular complexity index is 1190. The molecule has 0 bridgehead atoms. The minimum Gasteiger partial charge on any atom is -0.363 e. The molecular formula is C22H25N7O. The fourth-order valence-electron chi connectivity index (χ4n) is 4.17. The van der Waals surface area contributed by atoms with Crippen molar-refractivity contribution < 1.29 is 4.52 Å². The summed E-state index contributed by atoms with van der Waals surface area (Å²) in [6.45, 7) is 2.92. The van der Waals surface area contributed by atoms with Gasteiger partial charge in [0.2, 0.25) is 5.82 Å². The molecule has 0 amide bonds. The number of rotatable bonds is 5. The molecule has 30 heavy (non-hydrogen) atoms. The van der Waals surface area contributed by atoms with Gasteiger partial charge in [0.15, 0.2) is 5.69 Å². The second kappa shape index (κ2) is 7.51. The van der Waals surface area contributed by atoms with Crippen molar-refractivity contribution >= 4 is 16.7 Å². The number of anilines is 1. The van der Waals surface area contributed by atoms with E-state index in [1.54, 1.807) is 0 Å². The minimum absolute atomic E-state index is 0.396. The van der Waals surface area contributed by atoms with Crippen molar-refractivity contribution in [3.05, 3.63) is 36.0 Å². The van der Waals surface area contributed by atoms with Gasteiger partial charge >= 0.3 is 0 Å². The Hall–Kier alpha value is -3.29. The van der Waals surface area contributed by atoms with Crippen molar-refractivity contribution in [3.8, 4) is 23.0 Å². The van der Waals surface area contributed by atoms with Gasteiger partial charge in [0.25, 0.3) is 5.89 Å². The van der Waals surface area contributed by atoms with Gasteiger partial charge in [-0.05, 0) is 37.8 Å². The van der Waals surface area contributed by atoms with Gasteiger partial charge in [-0.25, -0.2) is 9.67 Å². The maximum atomic E-state index is 5.61. The Kier molecular flexibility index (Phi) is 4.69. The zero-order valence-corrected chi connectivity index (χ0v) is 17.5. The van der Waals surface area contributed by atoms with Crippen molar-refractivity contribution in [2.24, 2.45) is 5.92 Å². The first-order valence-electron chi connectivity index (χ1n) is 10.4. The van der Waals surface area contributed by atoms with E-state index in [0.717, 1.165) is 34.5 Å². The van der Waals surface area contributed by atoms with Crippen molar-refractivity contribution in [2.75, 3.05) is 19.0 Å². The molecule has 0 unspecified atom stereocenters. The molecule has 1 aliphatic rings. The lowest BCUT2D eigenvalue weighted by molar-refractivity contribution is 0.415. The summed E-state index contributed by atoms with van der Waals surface area (Å²) in [6, 6.07) is 9.97. The van der Waals surface area contributed by atoms with Crippen LogP contribution in [0, 0.1) is 12.8 Å². The van der Waals surface area contributed by atoms with E-state index in [-0.39, 0.29) is 0 Å². The van der Waals surface area contributed by atoms with Crippen LogP contribution in [-0.2, 0) is 6.54 Å². The average molecular weight is 403 g/mol. The van der Waals surface area contributed by atoms with Gasteiger partial charge < -0.3 is 9.42 Å². The third-order valence-electron chi connectivity index (χ3n) is 5.92. The molecule has 0 aliphatic heterocycles. The van der Waals surface area contributed by atoms with Gasteiger partial charge in [-0.3, -0.25) is 0 Å². The molecule has 1 fully saturated rings. The van der Waals surface area contributed by atoms with E-state index in [9.17, 15) is 0 Å². The Labute approximate surface area is 174 Å². The van der Waals surface area contributed by atoms with E-state index >= 15 is 0 Å². The second-order valence-electron chi connectivity index (χ2n) is 8.22. The first-order valence-corrected chi connectivity index (χ1v) is 10.4. The van der Waals surface area contributed by atoms with E-state index in [4.69, 9.17) is 9.51 Å². The number of hydrogen-bond acceptors (Lipinski definition) is 7. The summed E-state index contributed by atoms with van der Waals surface area (Å²) < 4.78 is 7.58. The largest absolute Gasteiger partial charge is 0.363 e. The molecule has 4 aromatic rings. The summed E-state index contributed by atoms with van der Waals surface area (Å²) in [7, 11) is 3.93. The van der Waals surface area contributed by atoms with Crippen LogP contribution in [0.1, 0.15) is 31.4 Å². The highest BCUT2D eigenvalue weighted by Crippen LogP contribution is 2.31. The number of fused-ring (bicyclic) bond motifs is 1. The van der Waals surface area contributed by atoms with E-state index in [1.807, 2.05) is 60.9 Å². The molecule has 0 spiro atoms. The monoisotopic (exact) mass is 403 g/mol. The van der Waals surface area contributed by atoms with Crippen LogP contribution >= 0.6 is 0 Å². The topological polar surface area (TPSA) is 85.8 Å². The zero-order chi connectivity index (χ0) is 20.7. The third kappa shape index (κ3) is 3.32. The molecule has 0 radical (unpaired) electrons. The standard InChI is InChI=1S/C22H25N7O/c1-14-20(25-27-29(14)13-15-8-4-5-9-15)22-24-21(26-30-22)17-12-19(28(2)3)23-18-11-7-6-10-16(17)18/h6-7,10-12,15H,4-5,8-9,13H2,1-3H3. The molecule has 3 aromatic heterocycles. The minimum atomic E-state index is 0.396. The highest BCUT2D eigenvalue weighted by atomic mass is 16.5. The van der Waals surface area contributed by atoms with Gasteiger partial charge in [0, 0.05) is 31.6 Å². The van der Waals surface area contributed by atoms with Gasteiger partial charge in [-0.15, -0.1) is 5.10 Å². The third-order valence-corrected chi connectivity index (χ3v) is 5.92. The van der Waals surface area contributed by atoms with Crippen LogP contribution < -0.4 is 4.90 Å². The van der Waals surface area contributed by atoms with Crippen LogP contribution in [0.2, 0.25) is 0 Å². The van der Waals surface area contributed by atoms with Crippen LogP contribution in [0.4, 0.5) is 5.82 Å². The molecule has 0 saturated heterocycles. The summed E-state index contributed by atoms with van der Waals surface area (Å²) in [5.74, 6) is 2.45. The maximum Gasteiger partial charge on any atom is 0.280 e. The number of aromatic nitrogens is 6. The smallest absolute Gasteiger partial charge is 0.280 e. The summed E-state index contributed by atoms with van der Waals surface area (Å²) in [5, 5.41) is 13.9. The molecule has 0 N–H and O–H groups in total. The first-order chi connectivity index (χ1) is 14.6. The summed E-state index contributed by atoms with van der Waals surface area (Å²) in [6.07, 6.45) is 5.16. The second-order valence-corrected chi connectivity index (χ2v) is 8.22. The maximum absolute atomic E-state index is 5.61. The fourth-order valence-corrected chi connectivity index (χ4v) is 4.17. The average Bonchev–Trinajstić information content (AvgIpc) is 3.50. The van der Waals surface area contributed by atoms with Crippen LogP contribution in [-0.4, -0.2) is 44.2 Å². The lowest BCUT2D eigenvalue weighted by Gasteiger charge is -2.13. The molecule has 3 heterocycles. The lowest BCUT2D eigenvalue weighted by Crippen LogP contribution is -2.10. The Balaban J connectivity index is 1.51. The van der Waals surface area contributed by atoms with Crippen molar-refractivity contribution in [1.82, 2.24) is 30.1 Å². The lowest BCUT2D eigenvalue weighted by atomic mass is 10.1. The number of para-hydroxylation sites is 1. The molecule has 8 nitrogen and oxygen atoms in total. The van der Waals surface area contributed by atoms with Crippen molar-refractivity contribution in [3.63, 3.8) is 0 Å². The molecule has 5 rings (SSSR count).